The van der Waals surface area contributed by atoms with Crippen molar-refractivity contribution in [2.75, 3.05) is 5.32 Å². The summed E-state index contributed by atoms with van der Waals surface area (Å²) in [6.45, 7) is 5.67. The van der Waals surface area contributed by atoms with E-state index in [9.17, 15) is 4.79 Å². The van der Waals surface area contributed by atoms with Crippen LogP contribution >= 0.6 is 11.6 Å². The molecular weight excluding hydrogens is 350 g/mol. The Morgan fingerprint density at radius 1 is 1.35 bits per heavy atom. The molecule has 0 aliphatic carbocycles. The van der Waals surface area contributed by atoms with Crippen LogP contribution in [0, 0.1) is 32.1 Å². The number of rotatable bonds is 4. The van der Waals surface area contributed by atoms with E-state index in [2.05, 4.69) is 21.5 Å². The maximum Gasteiger partial charge on any atom is 0.224 e. The number of aryl methyl sites for hydroxylation is 2. The number of nitriles is 1. The first-order valence-corrected chi connectivity index (χ1v) is 8.59. The fraction of sp³-hybridized carbons (Fsp3) is 0.263. The third-order valence-electron chi connectivity index (χ3n) is 4.47. The van der Waals surface area contributed by atoms with Crippen LogP contribution in [0.5, 0.6) is 0 Å². The van der Waals surface area contributed by atoms with Crippen molar-refractivity contribution >= 4 is 28.8 Å². The molecule has 7 heteroatoms. The Hall–Kier alpha value is -2.91. The van der Waals surface area contributed by atoms with Gasteiger partial charge in [-0.2, -0.15) is 10.4 Å². The van der Waals surface area contributed by atoms with E-state index in [0.29, 0.717) is 29.1 Å². The lowest BCUT2D eigenvalue weighted by atomic mass is 10.1. The number of aromatic nitrogens is 3. The second-order valence-corrected chi connectivity index (χ2v) is 6.53. The van der Waals surface area contributed by atoms with Gasteiger partial charge in [0, 0.05) is 28.5 Å². The molecule has 1 aromatic carbocycles. The molecule has 2 heterocycles. The largest absolute Gasteiger partial charge is 0.326 e. The smallest absolute Gasteiger partial charge is 0.224 e. The standard InChI is InChI=1S/C19H18ClN5O/c1-11-16(20)5-4-6-17(11)24-18(26)8-7-15-12(2)23-19-14(9-21)10-22-25(19)13(15)3/h4-6,10H,7-8H2,1-3H3,(H,24,26). The minimum atomic E-state index is -0.0903. The summed E-state index contributed by atoms with van der Waals surface area (Å²) in [4.78, 5) is 16.8. The van der Waals surface area contributed by atoms with Crippen LogP contribution < -0.4 is 5.32 Å². The molecule has 1 amide bonds. The Morgan fingerprint density at radius 2 is 2.12 bits per heavy atom. The number of nitrogens with one attached hydrogen (secondary N) is 1. The molecule has 0 bridgehead atoms. The van der Waals surface area contributed by atoms with Crippen molar-refractivity contribution in [3.8, 4) is 6.07 Å². The molecule has 0 unspecified atom stereocenters. The first-order valence-electron chi connectivity index (χ1n) is 8.21. The molecule has 26 heavy (non-hydrogen) atoms. The zero-order valence-corrected chi connectivity index (χ0v) is 15.6. The molecule has 3 rings (SSSR count). The van der Waals surface area contributed by atoms with Crippen molar-refractivity contribution in [1.29, 1.82) is 5.26 Å². The average Bonchev–Trinajstić information content (AvgIpc) is 3.01. The number of anilines is 1. The van der Waals surface area contributed by atoms with Gasteiger partial charge in [0.25, 0.3) is 0 Å². The number of amides is 1. The number of nitrogens with zero attached hydrogens (tertiary/aromatic N) is 4. The summed E-state index contributed by atoms with van der Waals surface area (Å²) in [5.74, 6) is -0.0903. The Morgan fingerprint density at radius 3 is 2.85 bits per heavy atom. The van der Waals surface area contributed by atoms with Gasteiger partial charge in [0.2, 0.25) is 5.91 Å². The highest BCUT2D eigenvalue weighted by Crippen LogP contribution is 2.23. The third kappa shape index (κ3) is 3.26. The summed E-state index contributed by atoms with van der Waals surface area (Å²) < 4.78 is 1.65. The molecule has 1 N–H and O–H groups in total. The number of halogens is 1. The van der Waals surface area contributed by atoms with Crippen LogP contribution in [0.2, 0.25) is 5.02 Å². The quantitative estimate of drug-likeness (QED) is 0.761. The van der Waals surface area contributed by atoms with Crippen LogP contribution in [-0.4, -0.2) is 20.5 Å². The molecule has 0 spiro atoms. The lowest BCUT2D eigenvalue weighted by Crippen LogP contribution is -2.15. The number of carbonyl (C=O) groups excluding carboxylic acids is 1. The minimum Gasteiger partial charge on any atom is -0.326 e. The van der Waals surface area contributed by atoms with Crippen LogP contribution in [0.1, 0.15) is 34.5 Å². The summed E-state index contributed by atoms with van der Waals surface area (Å²) >= 11 is 6.09. The normalized spacial score (nSPS) is 10.7. The summed E-state index contributed by atoms with van der Waals surface area (Å²) in [6.07, 6.45) is 2.36. The molecule has 0 aliphatic rings. The van der Waals surface area contributed by atoms with Gasteiger partial charge in [0.1, 0.15) is 11.6 Å². The molecule has 6 nitrogen and oxygen atoms in total. The highest BCUT2D eigenvalue weighted by molar-refractivity contribution is 6.31. The van der Waals surface area contributed by atoms with Crippen LogP contribution in [0.3, 0.4) is 0 Å². The van der Waals surface area contributed by atoms with Crippen LogP contribution in [0.25, 0.3) is 5.65 Å². The van der Waals surface area contributed by atoms with E-state index in [1.807, 2.05) is 32.9 Å². The van der Waals surface area contributed by atoms with Gasteiger partial charge in [-0.15, -0.1) is 0 Å². The van der Waals surface area contributed by atoms with E-state index in [1.54, 1.807) is 10.6 Å². The second-order valence-electron chi connectivity index (χ2n) is 6.13. The van der Waals surface area contributed by atoms with Gasteiger partial charge in [0.05, 0.1) is 6.20 Å². The first-order chi connectivity index (χ1) is 12.4. The van der Waals surface area contributed by atoms with Gasteiger partial charge in [0.15, 0.2) is 5.65 Å². The molecule has 0 radical (unpaired) electrons. The van der Waals surface area contributed by atoms with E-state index in [0.717, 1.165) is 28.2 Å². The van der Waals surface area contributed by atoms with Gasteiger partial charge >= 0.3 is 0 Å². The van der Waals surface area contributed by atoms with Gasteiger partial charge < -0.3 is 5.32 Å². The molecule has 0 fully saturated rings. The third-order valence-corrected chi connectivity index (χ3v) is 4.88. The van der Waals surface area contributed by atoms with Crippen LogP contribution in [-0.2, 0) is 11.2 Å². The summed E-state index contributed by atoms with van der Waals surface area (Å²) in [5, 5.41) is 16.9. The van der Waals surface area contributed by atoms with Crippen molar-refractivity contribution in [3.05, 3.63) is 57.5 Å². The monoisotopic (exact) mass is 367 g/mol. The molecule has 132 valence electrons. The molecule has 0 saturated carbocycles. The number of fused-ring (bicyclic) bond motifs is 1. The van der Waals surface area contributed by atoms with Crippen LogP contribution in [0.4, 0.5) is 5.69 Å². The first kappa shape index (κ1) is 17.9. The topological polar surface area (TPSA) is 83.1 Å². The fourth-order valence-corrected chi connectivity index (χ4v) is 3.12. The number of hydrogen-bond donors (Lipinski definition) is 1. The zero-order chi connectivity index (χ0) is 18.8. The van der Waals surface area contributed by atoms with Gasteiger partial charge in [-0.3, -0.25) is 4.79 Å². The predicted octanol–water partition coefficient (Wildman–Crippen LogP) is 3.75. The second kappa shape index (κ2) is 7.14. The Balaban J connectivity index is 1.78. The van der Waals surface area contributed by atoms with Gasteiger partial charge in [-0.25, -0.2) is 9.50 Å². The molecular formula is C19H18ClN5O. The van der Waals surface area contributed by atoms with E-state index in [-0.39, 0.29) is 5.91 Å². The molecule has 0 aliphatic heterocycles. The Kier molecular flexibility index (Phi) is 4.92. The van der Waals surface area contributed by atoms with Crippen molar-refractivity contribution in [2.24, 2.45) is 0 Å². The number of benzene rings is 1. The lowest BCUT2D eigenvalue weighted by molar-refractivity contribution is -0.116. The summed E-state index contributed by atoms with van der Waals surface area (Å²) in [6, 6.07) is 7.52. The highest BCUT2D eigenvalue weighted by atomic mass is 35.5. The Bertz CT molecular complexity index is 1050. The van der Waals surface area contributed by atoms with E-state index in [1.165, 1.54) is 6.20 Å². The molecule has 0 atom stereocenters. The molecule has 0 saturated heterocycles. The fourth-order valence-electron chi connectivity index (χ4n) is 2.95. The van der Waals surface area contributed by atoms with Crippen molar-refractivity contribution in [2.45, 2.75) is 33.6 Å². The van der Waals surface area contributed by atoms with Crippen molar-refractivity contribution < 1.29 is 4.79 Å². The highest BCUT2D eigenvalue weighted by Gasteiger charge is 2.15. The Labute approximate surface area is 156 Å². The van der Waals surface area contributed by atoms with Gasteiger partial charge in [-0.1, -0.05) is 17.7 Å². The lowest BCUT2D eigenvalue weighted by Gasteiger charge is -2.12. The zero-order valence-electron chi connectivity index (χ0n) is 14.8. The number of carbonyl (C=O) groups is 1. The average molecular weight is 368 g/mol. The maximum absolute atomic E-state index is 12.3. The van der Waals surface area contributed by atoms with Crippen molar-refractivity contribution in [3.63, 3.8) is 0 Å². The number of hydrogen-bond acceptors (Lipinski definition) is 4. The van der Waals surface area contributed by atoms with Gasteiger partial charge in [-0.05, 0) is 50.5 Å². The minimum absolute atomic E-state index is 0.0903. The predicted molar refractivity (Wildman–Crippen MR) is 100 cm³/mol. The van der Waals surface area contributed by atoms with Crippen LogP contribution in [0.15, 0.2) is 24.4 Å². The summed E-state index contributed by atoms with van der Waals surface area (Å²) in [5.41, 5.74) is 5.21. The van der Waals surface area contributed by atoms with Crippen molar-refractivity contribution in [1.82, 2.24) is 14.6 Å². The summed E-state index contributed by atoms with van der Waals surface area (Å²) in [7, 11) is 0. The molecule has 3 aromatic rings. The van der Waals surface area contributed by atoms with E-state index < -0.39 is 0 Å². The SMILES string of the molecule is Cc1nc2c(C#N)cnn2c(C)c1CCC(=O)Nc1cccc(Cl)c1C. The van der Waals surface area contributed by atoms with E-state index >= 15 is 0 Å². The van der Waals surface area contributed by atoms with E-state index in [4.69, 9.17) is 16.9 Å². The maximum atomic E-state index is 12.3. The molecule has 2 aromatic heterocycles.